The molecule has 1 saturated heterocycles. The number of nitrogens with one attached hydrogen (secondary N) is 1. The predicted molar refractivity (Wildman–Crippen MR) is 83.4 cm³/mol. The summed E-state index contributed by atoms with van der Waals surface area (Å²) in [6, 6.07) is 7.21. The van der Waals surface area contributed by atoms with E-state index in [4.69, 9.17) is 14.6 Å². The summed E-state index contributed by atoms with van der Waals surface area (Å²) in [5.74, 6) is -0.614. The van der Waals surface area contributed by atoms with Gasteiger partial charge in [0.25, 0.3) is 0 Å². The van der Waals surface area contributed by atoms with Crippen LogP contribution >= 0.6 is 0 Å². The number of nitrogens with zero attached hydrogens (tertiary/aromatic N) is 1. The van der Waals surface area contributed by atoms with Gasteiger partial charge in [0.05, 0.1) is 12.5 Å². The van der Waals surface area contributed by atoms with Gasteiger partial charge >= 0.3 is 12.0 Å². The highest BCUT2D eigenvalue weighted by Crippen LogP contribution is 2.19. The molecule has 1 atom stereocenters. The minimum atomic E-state index is -0.850. The Morgan fingerprint density at radius 2 is 2.13 bits per heavy atom. The number of likely N-dealkylation sites (tertiary alicyclic amines) is 1. The number of carboxylic acid groups (broad SMARTS) is 1. The summed E-state index contributed by atoms with van der Waals surface area (Å²) in [7, 11) is 1.61. The monoisotopic (exact) mass is 322 g/mol. The van der Waals surface area contributed by atoms with Crippen molar-refractivity contribution >= 4 is 12.0 Å². The molecule has 1 aliphatic heterocycles. The number of benzene rings is 1. The Kier molecular flexibility index (Phi) is 6.22. The van der Waals surface area contributed by atoms with E-state index in [9.17, 15) is 9.59 Å². The molecule has 2 N–H and O–H groups in total. The molecule has 1 aromatic carbocycles. The Bertz CT molecular complexity index is 549. The van der Waals surface area contributed by atoms with E-state index in [-0.39, 0.29) is 12.6 Å². The van der Waals surface area contributed by atoms with Crippen LogP contribution in [0.4, 0.5) is 4.79 Å². The maximum atomic E-state index is 12.1. The molecular formula is C16H22N2O5. The maximum Gasteiger partial charge on any atom is 0.317 e. The van der Waals surface area contributed by atoms with Gasteiger partial charge in [-0.1, -0.05) is 18.2 Å². The van der Waals surface area contributed by atoms with Crippen molar-refractivity contribution in [2.75, 3.05) is 33.4 Å². The second kappa shape index (κ2) is 8.38. The molecule has 2 amide bonds. The van der Waals surface area contributed by atoms with E-state index in [1.54, 1.807) is 7.11 Å². The first-order chi connectivity index (χ1) is 11.1. The lowest BCUT2D eigenvalue weighted by atomic mass is 10.1. The first kappa shape index (κ1) is 17.1. The highest BCUT2D eigenvalue weighted by atomic mass is 16.5. The van der Waals surface area contributed by atoms with Crippen molar-refractivity contribution in [3.8, 4) is 5.75 Å². The van der Waals surface area contributed by atoms with Crippen LogP contribution in [0.3, 0.4) is 0 Å². The van der Waals surface area contributed by atoms with E-state index in [2.05, 4.69) is 5.32 Å². The molecule has 0 bridgehead atoms. The molecule has 0 spiro atoms. The van der Waals surface area contributed by atoms with Gasteiger partial charge in [-0.3, -0.25) is 4.79 Å². The predicted octanol–water partition coefficient (Wildman–Crippen LogP) is 1.33. The van der Waals surface area contributed by atoms with Gasteiger partial charge in [0, 0.05) is 32.3 Å². The van der Waals surface area contributed by atoms with Crippen LogP contribution in [0.5, 0.6) is 5.75 Å². The van der Waals surface area contributed by atoms with Crippen LogP contribution in [0.2, 0.25) is 0 Å². The molecule has 1 aromatic rings. The number of carboxylic acids is 1. The van der Waals surface area contributed by atoms with Crippen molar-refractivity contribution < 1.29 is 24.2 Å². The summed E-state index contributed by atoms with van der Waals surface area (Å²) < 4.78 is 10.6. The molecule has 0 aliphatic carbocycles. The Hall–Kier alpha value is -2.28. The number of urea groups is 1. The van der Waals surface area contributed by atoms with Crippen LogP contribution in [0.1, 0.15) is 12.0 Å². The zero-order valence-corrected chi connectivity index (χ0v) is 13.2. The van der Waals surface area contributed by atoms with Gasteiger partial charge in [-0.15, -0.1) is 0 Å². The lowest BCUT2D eigenvalue weighted by molar-refractivity contribution is -0.141. The van der Waals surface area contributed by atoms with Gasteiger partial charge in [0.1, 0.15) is 12.4 Å². The molecule has 0 radical (unpaired) electrons. The molecule has 2 rings (SSSR count). The average molecular weight is 322 g/mol. The fraction of sp³-hybridized carbons (Fsp3) is 0.500. The Morgan fingerprint density at radius 3 is 2.83 bits per heavy atom. The van der Waals surface area contributed by atoms with Crippen LogP contribution in [0.25, 0.3) is 0 Å². The van der Waals surface area contributed by atoms with Crippen molar-refractivity contribution in [1.29, 1.82) is 0 Å². The molecule has 0 saturated carbocycles. The third-order valence-corrected chi connectivity index (χ3v) is 3.77. The second-order valence-electron chi connectivity index (χ2n) is 5.38. The summed E-state index contributed by atoms with van der Waals surface area (Å²) >= 11 is 0. The van der Waals surface area contributed by atoms with Crippen molar-refractivity contribution in [3.05, 3.63) is 29.8 Å². The average Bonchev–Trinajstić information content (AvgIpc) is 3.04. The molecular weight excluding hydrogens is 300 g/mol. The van der Waals surface area contributed by atoms with Crippen molar-refractivity contribution in [1.82, 2.24) is 10.2 Å². The van der Waals surface area contributed by atoms with Gasteiger partial charge in [0.15, 0.2) is 0 Å². The molecule has 7 heteroatoms. The SMILES string of the molecule is COCCOc1ccccc1CNC(=O)N1CCC(C(=O)O)C1. The fourth-order valence-corrected chi connectivity index (χ4v) is 2.45. The van der Waals surface area contributed by atoms with Crippen LogP contribution < -0.4 is 10.1 Å². The lowest BCUT2D eigenvalue weighted by Crippen LogP contribution is -2.38. The molecule has 126 valence electrons. The third kappa shape index (κ3) is 4.85. The Morgan fingerprint density at radius 1 is 1.35 bits per heavy atom. The number of methoxy groups -OCH3 is 1. The number of ether oxygens (including phenoxy) is 2. The number of aliphatic carboxylic acids is 1. The van der Waals surface area contributed by atoms with Gasteiger partial charge in [0.2, 0.25) is 0 Å². The molecule has 7 nitrogen and oxygen atoms in total. The van der Waals surface area contributed by atoms with E-state index in [0.717, 1.165) is 5.56 Å². The van der Waals surface area contributed by atoms with Crippen LogP contribution in [-0.2, 0) is 16.1 Å². The van der Waals surface area contributed by atoms with Crippen LogP contribution in [0.15, 0.2) is 24.3 Å². The largest absolute Gasteiger partial charge is 0.491 e. The zero-order valence-electron chi connectivity index (χ0n) is 13.2. The number of para-hydroxylation sites is 1. The second-order valence-corrected chi connectivity index (χ2v) is 5.38. The normalized spacial score (nSPS) is 17.1. The number of rotatable bonds is 7. The lowest BCUT2D eigenvalue weighted by Gasteiger charge is -2.18. The summed E-state index contributed by atoms with van der Waals surface area (Å²) in [6.45, 7) is 1.98. The third-order valence-electron chi connectivity index (χ3n) is 3.77. The minimum Gasteiger partial charge on any atom is -0.491 e. The fourth-order valence-electron chi connectivity index (χ4n) is 2.45. The van der Waals surface area contributed by atoms with Gasteiger partial charge in [-0.05, 0) is 12.5 Å². The first-order valence-electron chi connectivity index (χ1n) is 7.57. The number of carbonyl (C=O) groups is 2. The number of hydrogen-bond donors (Lipinski definition) is 2. The van der Waals surface area contributed by atoms with Crippen molar-refractivity contribution in [2.45, 2.75) is 13.0 Å². The van der Waals surface area contributed by atoms with Gasteiger partial charge in [-0.2, -0.15) is 0 Å². The molecule has 23 heavy (non-hydrogen) atoms. The van der Waals surface area contributed by atoms with Crippen LogP contribution in [-0.4, -0.2) is 55.4 Å². The van der Waals surface area contributed by atoms with Gasteiger partial charge in [-0.25, -0.2) is 4.79 Å². The van der Waals surface area contributed by atoms with Gasteiger partial charge < -0.3 is 24.8 Å². The van der Waals surface area contributed by atoms with E-state index in [0.29, 0.717) is 38.5 Å². The number of carbonyl (C=O) groups excluding carboxylic acids is 1. The van der Waals surface area contributed by atoms with Crippen molar-refractivity contribution in [3.63, 3.8) is 0 Å². The Labute approximate surface area is 135 Å². The number of hydrogen-bond acceptors (Lipinski definition) is 4. The highest BCUT2D eigenvalue weighted by molar-refractivity contribution is 5.77. The van der Waals surface area contributed by atoms with E-state index < -0.39 is 11.9 Å². The molecule has 1 heterocycles. The molecule has 1 aliphatic rings. The van der Waals surface area contributed by atoms with Crippen molar-refractivity contribution in [2.24, 2.45) is 5.92 Å². The summed E-state index contributed by atoms with van der Waals surface area (Å²) in [6.07, 6.45) is 0.499. The molecule has 1 fully saturated rings. The summed E-state index contributed by atoms with van der Waals surface area (Å²) in [5, 5.41) is 11.8. The summed E-state index contributed by atoms with van der Waals surface area (Å²) in [5.41, 5.74) is 0.867. The summed E-state index contributed by atoms with van der Waals surface area (Å²) in [4.78, 5) is 24.6. The smallest absolute Gasteiger partial charge is 0.317 e. The maximum absolute atomic E-state index is 12.1. The van der Waals surface area contributed by atoms with E-state index in [1.807, 2.05) is 24.3 Å². The highest BCUT2D eigenvalue weighted by Gasteiger charge is 2.30. The standard InChI is InChI=1S/C16H22N2O5/c1-22-8-9-23-14-5-3-2-4-12(14)10-17-16(21)18-7-6-13(11-18)15(19)20/h2-5,13H,6-11H2,1H3,(H,17,21)(H,19,20). The first-order valence-corrected chi connectivity index (χ1v) is 7.57. The number of amides is 2. The zero-order chi connectivity index (χ0) is 16.7. The van der Waals surface area contributed by atoms with Crippen LogP contribution in [0, 0.1) is 5.92 Å². The topological polar surface area (TPSA) is 88.1 Å². The quantitative estimate of drug-likeness (QED) is 0.739. The molecule has 1 unspecified atom stereocenters. The Balaban J connectivity index is 1.86. The minimum absolute atomic E-state index is 0.250. The van der Waals surface area contributed by atoms with E-state index >= 15 is 0 Å². The molecule has 0 aromatic heterocycles. The van der Waals surface area contributed by atoms with E-state index in [1.165, 1.54) is 4.90 Å².